The quantitative estimate of drug-likeness (QED) is 0.728. The number of nitrogens with one attached hydrogen (secondary N) is 1. The molecule has 0 aliphatic carbocycles. The van der Waals surface area contributed by atoms with Gasteiger partial charge in [0.15, 0.2) is 0 Å². The number of carbonyl (C=O) groups is 2. The van der Waals surface area contributed by atoms with Crippen LogP contribution in [0.4, 0.5) is 5.69 Å². The van der Waals surface area contributed by atoms with E-state index in [0.717, 1.165) is 22.0 Å². The number of rotatable bonds is 3. The van der Waals surface area contributed by atoms with Crippen molar-refractivity contribution in [1.82, 2.24) is 4.90 Å². The van der Waals surface area contributed by atoms with E-state index in [1.54, 1.807) is 0 Å². The third-order valence-electron chi connectivity index (χ3n) is 5.50. The summed E-state index contributed by atoms with van der Waals surface area (Å²) in [5.41, 5.74) is 2.70. The number of piperidine rings is 1. The number of fused-ring (bicyclic) bond motifs is 1. The molecule has 1 saturated heterocycles. The van der Waals surface area contributed by atoms with Crippen LogP contribution in [-0.4, -0.2) is 29.8 Å². The Hall–Kier alpha value is -3.14. The second-order valence-corrected chi connectivity index (χ2v) is 7.45. The first-order valence-corrected chi connectivity index (χ1v) is 9.76. The zero-order valence-electron chi connectivity index (χ0n) is 16.0. The van der Waals surface area contributed by atoms with Crippen molar-refractivity contribution in [2.75, 3.05) is 18.4 Å². The molecular formula is C24H24N2O2. The van der Waals surface area contributed by atoms with Gasteiger partial charge in [0.2, 0.25) is 5.91 Å². The summed E-state index contributed by atoms with van der Waals surface area (Å²) in [5, 5.41) is 5.25. The fraction of sp³-hybridized carbons (Fsp3) is 0.250. The standard InChI is InChI=1S/C24H24N2O2/c1-17-9-11-20(12-10-17)24(28)26-15-13-19(14-16-26)23(27)25-22-8-4-6-18-5-2-3-7-21(18)22/h2-12,19H,13-16H2,1H3,(H,25,27). The highest BCUT2D eigenvalue weighted by Gasteiger charge is 2.28. The van der Waals surface area contributed by atoms with Crippen molar-refractivity contribution in [2.45, 2.75) is 19.8 Å². The van der Waals surface area contributed by atoms with Gasteiger partial charge in [-0.2, -0.15) is 0 Å². The average Bonchev–Trinajstić information content (AvgIpc) is 2.74. The molecule has 0 unspecified atom stereocenters. The Labute approximate surface area is 165 Å². The summed E-state index contributed by atoms with van der Waals surface area (Å²) in [4.78, 5) is 27.3. The number of hydrogen-bond acceptors (Lipinski definition) is 2. The Kier molecular flexibility index (Phi) is 5.11. The minimum Gasteiger partial charge on any atom is -0.339 e. The van der Waals surface area contributed by atoms with Crippen LogP contribution in [0.1, 0.15) is 28.8 Å². The molecule has 28 heavy (non-hydrogen) atoms. The van der Waals surface area contributed by atoms with Gasteiger partial charge in [-0.1, -0.05) is 54.1 Å². The van der Waals surface area contributed by atoms with Crippen LogP contribution in [0.25, 0.3) is 10.8 Å². The summed E-state index contributed by atoms with van der Waals surface area (Å²) in [6, 6.07) is 21.6. The largest absolute Gasteiger partial charge is 0.339 e. The van der Waals surface area contributed by atoms with Crippen molar-refractivity contribution in [3.8, 4) is 0 Å². The minimum atomic E-state index is -0.0685. The number of benzene rings is 3. The highest BCUT2D eigenvalue weighted by molar-refractivity contribution is 6.03. The lowest BCUT2D eigenvalue weighted by atomic mass is 9.95. The zero-order valence-corrected chi connectivity index (χ0v) is 16.0. The fourth-order valence-electron chi connectivity index (χ4n) is 3.79. The molecule has 2 amide bonds. The SMILES string of the molecule is Cc1ccc(C(=O)N2CCC(C(=O)Nc3cccc4ccccc34)CC2)cc1. The molecule has 0 spiro atoms. The Morgan fingerprint density at radius 2 is 1.57 bits per heavy atom. The molecule has 0 aromatic heterocycles. The molecule has 3 aromatic rings. The lowest BCUT2D eigenvalue weighted by molar-refractivity contribution is -0.121. The van der Waals surface area contributed by atoms with Crippen LogP contribution in [0.2, 0.25) is 0 Å². The normalized spacial score (nSPS) is 14.8. The first-order valence-electron chi connectivity index (χ1n) is 9.76. The van der Waals surface area contributed by atoms with Gasteiger partial charge in [-0.25, -0.2) is 0 Å². The van der Waals surface area contributed by atoms with Crippen LogP contribution < -0.4 is 5.32 Å². The first-order chi connectivity index (χ1) is 13.6. The summed E-state index contributed by atoms with van der Waals surface area (Å²) in [6.45, 7) is 3.23. The maximum absolute atomic E-state index is 12.8. The van der Waals surface area contributed by atoms with Crippen LogP contribution in [0.5, 0.6) is 0 Å². The molecule has 4 heteroatoms. The number of amides is 2. The summed E-state index contributed by atoms with van der Waals surface area (Å²) < 4.78 is 0. The Balaban J connectivity index is 1.38. The van der Waals surface area contributed by atoms with Gasteiger partial charge in [0.1, 0.15) is 0 Å². The molecule has 0 radical (unpaired) electrons. The molecule has 1 fully saturated rings. The van der Waals surface area contributed by atoms with Gasteiger partial charge in [0.05, 0.1) is 0 Å². The van der Waals surface area contributed by atoms with E-state index in [1.807, 2.05) is 78.6 Å². The second-order valence-electron chi connectivity index (χ2n) is 7.45. The van der Waals surface area contributed by atoms with Crippen LogP contribution in [0.3, 0.4) is 0 Å². The maximum atomic E-state index is 12.8. The van der Waals surface area contributed by atoms with E-state index in [0.29, 0.717) is 31.5 Å². The monoisotopic (exact) mass is 372 g/mol. The Morgan fingerprint density at radius 1 is 0.893 bits per heavy atom. The molecule has 0 bridgehead atoms. The van der Waals surface area contributed by atoms with E-state index in [2.05, 4.69) is 5.32 Å². The van der Waals surface area contributed by atoms with Crippen LogP contribution in [0.15, 0.2) is 66.7 Å². The van der Waals surface area contributed by atoms with Gasteiger partial charge in [-0.05, 0) is 43.4 Å². The number of aryl methyl sites for hydroxylation is 1. The van der Waals surface area contributed by atoms with Crippen molar-refractivity contribution in [3.63, 3.8) is 0 Å². The lowest BCUT2D eigenvalue weighted by Crippen LogP contribution is -2.41. The molecular weight excluding hydrogens is 348 g/mol. The molecule has 0 atom stereocenters. The van der Waals surface area contributed by atoms with Crippen LogP contribution in [-0.2, 0) is 4.79 Å². The molecule has 1 N–H and O–H groups in total. The van der Waals surface area contributed by atoms with Crippen LogP contribution >= 0.6 is 0 Å². The summed E-state index contributed by atoms with van der Waals surface area (Å²) in [5.74, 6) is 0.0211. The predicted molar refractivity (Wildman–Crippen MR) is 112 cm³/mol. The average molecular weight is 372 g/mol. The van der Waals surface area contributed by atoms with Gasteiger partial charge in [0.25, 0.3) is 5.91 Å². The highest BCUT2D eigenvalue weighted by atomic mass is 16.2. The van der Waals surface area contributed by atoms with Gasteiger partial charge < -0.3 is 10.2 Å². The smallest absolute Gasteiger partial charge is 0.253 e. The summed E-state index contributed by atoms with van der Waals surface area (Å²) in [6.07, 6.45) is 1.38. The first kappa shape index (κ1) is 18.2. The van der Waals surface area contributed by atoms with Crippen molar-refractivity contribution in [1.29, 1.82) is 0 Å². The summed E-state index contributed by atoms with van der Waals surface area (Å²) >= 11 is 0. The van der Waals surface area contributed by atoms with Gasteiger partial charge >= 0.3 is 0 Å². The van der Waals surface area contributed by atoms with Gasteiger partial charge in [-0.15, -0.1) is 0 Å². The molecule has 1 aliphatic heterocycles. The third kappa shape index (κ3) is 3.77. The number of likely N-dealkylation sites (tertiary alicyclic amines) is 1. The molecule has 3 aromatic carbocycles. The number of anilines is 1. The van der Waals surface area contributed by atoms with Crippen LogP contribution in [0, 0.1) is 12.8 Å². The third-order valence-corrected chi connectivity index (χ3v) is 5.50. The lowest BCUT2D eigenvalue weighted by Gasteiger charge is -2.31. The number of carbonyl (C=O) groups excluding carboxylic acids is 2. The van der Waals surface area contributed by atoms with E-state index < -0.39 is 0 Å². The highest BCUT2D eigenvalue weighted by Crippen LogP contribution is 2.26. The molecule has 0 saturated carbocycles. The molecule has 1 aliphatic rings. The predicted octanol–water partition coefficient (Wildman–Crippen LogP) is 4.64. The number of hydrogen-bond donors (Lipinski definition) is 1. The van der Waals surface area contributed by atoms with Crippen molar-refractivity contribution in [2.24, 2.45) is 5.92 Å². The molecule has 4 nitrogen and oxygen atoms in total. The van der Waals surface area contributed by atoms with E-state index in [-0.39, 0.29) is 17.7 Å². The zero-order chi connectivity index (χ0) is 19.5. The van der Waals surface area contributed by atoms with E-state index in [1.165, 1.54) is 0 Å². The number of nitrogens with zero attached hydrogens (tertiary/aromatic N) is 1. The summed E-state index contributed by atoms with van der Waals surface area (Å²) in [7, 11) is 0. The molecule has 142 valence electrons. The molecule has 4 rings (SSSR count). The van der Waals surface area contributed by atoms with Gasteiger partial charge in [0, 0.05) is 35.6 Å². The maximum Gasteiger partial charge on any atom is 0.253 e. The molecule has 1 heterocycles. The Morgan fingerprint density at radius 3 is 2.32 bits per heavy atom. The van der Waals surface area contributed by atoms with E-state index in [9.17, 15) is 9.59 Å². The Bertz CT molecular complexity index is 997. The fourth-order valence-corrected chi connectivity index (χ4v) is 3.79. The second kappa shape index (κ2) is 7.85. The van der Waals surface area contributed by atoms with Crippen molar-refractivity contribution >= 4 is 28.3 Å². The topological polar surface area (TPSA) is 49.4 Å². The van der Waals surface area contributed by atoms with Crippen molar-refractivity contribution in [3.05, 3.63) is 77.9 Å². The van der Waals surface area contributed by atoms with Gasteiger partial charge in [-0.3, -0.25) is 9.59 Å². The minimum absolute atomic E-state index is 0.0405. The van der Waals surface area contributed by atoms with E-state index >= 15 is 0 Å². The van der Waals surface area contributed by atoms with Crippen molar-refractivity contribution < 1.29 is 9.59 Å². The van der Waals surface area contributed by atoms with E-state index in [4.69, 9.17) is 0 Å².